The van der Waals surface area contributed by atoms with Crippen molar-refractivity contribution in [3.63, 3.8) is 0 Å². The number of nitrogens with zero attached hydrogens (tertiary/aromatic N) is 2. The summed E-state index contributed by atoms with van der Waals surface area (Å²) in [6.45, 7) is 35.7. The number of aryl methyl sites for hydroxylation is 1. The number of hydrogen-bond donors (Lipinski definition) is 2. The third-order valence-corrected chi connectivity index (χ3v) is 21.8. The Morgan fingerprint density at radius 1 is 0.378 bits per heavy atom. The van der Waals surface area contributed by atoms with E-state index in [1.165, 1.54) is 58.1 Å². The van der Waals surface area contributed by atoms with E-state index < -0.39 is 41.0 Å². The quantitative estimate of drug-likeness (QED) is 0.0329. The van der Waals surface area contributed by atoms with E-state index in [-0.39, 0.29) is 105 Å². The first-order valence-corrected chi connectivity index (χ1v) is 41.4. The molecule has 0 unspecified atom stereocenters. The molecule has 0 aromatic heterocycles. The number of nitrogens with one attached hydrogen (secondary N) is 2. The summed E-state index contributed by atoms with van der Waals surface area (Å²) in [7, 11) is -17.5. The molecule has 8 aromatic rings. The summed E-state index contributed by atoms with van der Waals surface area (Å²) in [6.07, 6.45) is 0. The van der Waals surface area contributed by atoms with Crippen LogP contribution in [0.4, 0.5) is 34.1 Å². The van der Waals surface area contributed by atoms with Crippen molar-refractivity contribution in [2.75, 3.05) is 10.6 Å². The molecule has 0 spiro atoms. The molecule has 0 amide bonds. The van der Waals surface area contributed by atoms with E-state index >= 15 is 0 Å². The molecule has 111 heavy (non-hydrogen) atoms. The third-order valence-electron chi connectivity index (χ3n) is 19.2. The fraction of sp³-hybridized carbons (Fsp3) is 0.287. The number of benzene rings is 10. The second-order valence-corrected chi connectivity index (χ2v) is 34.3. The maximum absolute atomic E-state index is 12.6. The van der Waals surface area contributed by atoms with Gasteiger partial charge in [-0.3, -0.25) is 0 Å². The molecule has 2 aliphatic heterocycles. The number of fused-ring (bicyclic) bond motifs is 4. The summed E-state index contributed by atoms with van der Waals surface area (Å²) in [5.41, 5.74) is 18.5. The number of rotatable bonds is 19. The van der Waals surface area contributed by atoms with Gasteiger partial charge in [-0.15, -0.1) is 23.8 Å². The first kappa shape index (κ1) is 87.9. The average molecular weight is 1560 g/mol. The van der Waals surface area contributed by atoms with Gasteiger partial charge in [-0.1, -0.05) is 201 Å². The molecular formula is C87H90Li2N4O14S4-2. The standard InChI is InChI=1S/C44H47N2O4S.C43H46N2O7S2.2Li.O3S/c1-25(2)32-14-12-15-33(26(3)4)43(32)45-30-17-19-34-39(23-30)50-40-24-31(46-44-37(27(5)6)21-29(9)22-38(44)28(7)8)18-20-35(40)42(34)36-13-10-11-16-41(36)51(47,48)49;1-24(2)31-13-11-14-32(25(3)4)42(31)44-28-16-18-33-38(20-28)52-39-21-29(17-19-34(39)41(33)35-12-9-10-15-40(35)54(49,50)51)45-43-36(26(5)6)22-30(53(46,47)48)23-37(43)27(7)8;;;1-4(2)3/h10-11,13-28,45H,1-9H3,(H,47,48,49);9-27,44H,1-8H3,(H,46,47,48)(H,49,50,51);;;/q-1;;2*+1;/p-3. The minimum Gasteiger partial charge on any atom is -0.744 e. The Morgan fingerprint density at radius 3 is 1.05 bits per heavy atom. The predicted octanol–water partition coefficient (Wildman–Crippen LogP) is 15.2. The Morgan fingerprint density at radius 2 is 0.712 bits per heavy atom. The normalized spacial score (nSPS) is 12.4. The van der Waals surface area contributed by atoms with E-state index in [9.17, 15) is 38.9 Å². The third kappa shape index (κ3) is 20.0. The molecule has 570 valence electrons. The largest absolute Gasteiger partial charge is 1.00 e. The van der Waals surface area contributed by atoms with Gasteiger partial charge in [-0.05, 0) is 149 Å². The second kappa shape index (κ2) is 36.0. The van der Waals surface area contributed by atoms with E-state index in [2.05, 4.69) is 137 Å². The maximum atomic E-state index is 12.6. The van der Waals surface area contributed by atoms with E-state index in [4.69, 9.17) is 31.4 Å². The van der Waals surface area contributed by atoms with Crippen molar-refractivity contribution in [1.29, 1.82) is 0 Å². The zero-order valence-corrected chi connectivity index (χ0v) is 69.4. The minimum atomic E-state index is -4.86. The van der Waals surface area contributed by atoms with Gasteiger partial charge < -0.3 is 33.1 Å². The zero-order valence-electron chi connectivity index (χ0n) is 66.1. The predicted molar refractivity (Wildman–Crippen MR) is 429 cm³/mol. The van der Waals surface area contributed by atoms with E-state index in [1.54, 1.807) is 48.5 Å². The van der Waals surface area contributed by atoms with Crippen LogP contribution < -0.4 is 59.1 Å². The van der Waals surface area contributed by atoms with Crippen molar-refractivity contribution in [2.45, 2.75) is 180 Å². The molecule has 2 N–H and O–H groups in total. The number of hydrogen-bond acceptors (Lipinski definition) is 18. The van der Waals surface area contributed by atoms with Crippen LogP contribution in [0.1, 0.15) is 208 Å². The van der Waals surface area contributed by atoms with Crippen molar-refractivity contribution in [2.24, 2.45) is 9.98 Å². The molecular weight excluding hydrogens is 1470 g/mol. The molecule has 4 aliphatic rings. The van der Waals surface area contributed by atoms with Gasteiger partial charge in [0.1, 0.15) is 53.0 Å². The van der Waals surface area contributed by atoms with Crippen molar-refractivity contribution in [3.05, 3.63) is 243 Å². The van der Waals surface area contributed by atoms with E-state index in [1.807, 2.05) is 94.4 Å². The van der Waals surface area contributed by atoms with Crippen molar-refractivity contribution >= 4 is 97.0 Å². The fourth-order valence-electron chi connectivity index (χ4n) is 13.9. The number of anilines is 4. The van der Waals surface area contributed by atoms with Crippen molar-refractivity contribution < 1.29 is 98.1 Å². The Labute approximate surface area is 677 Å². The van der Waals surface area contributed by atoms with Crippen LogP contribution in [0.2, 0.25) is 0 Å². The van der Waals surface area contributed by atoms with Crippen molar-refractivity contribution in [3.8, 4) is 44.9 Å². The molecule has 0 saturated heterocycles. The van der Waals surface area contributed by atoms with Gasteiger partial charge in [-0.25, -0.2) is 35.2 Å². The summed E-state index contributed by atoms with van der Waals surface area (Å²) >= 11 is 0. The Kier molecular flexibility index (Phi) is 28.5. The summed E-state index contributed by atoms with van der Waals surface area (Å²) in [6, 6.07) is 55.9. The molecule has 0 bridgehead atoms. The van der Waals surface area contributed by atoms with Crippen LogP contribution in [0.15, 0.2) is 209 Å². The first-order valence-electron chi connectivity index (χ1n) is 36.2. The van der Waals surface area contributed by atoms with Crippen molar-refractivity contribution in [1.82, 2.24) is 0 Å². The summed E-state index contributed by atoms with van der Waals surface area (Å²) < 4.78 is 150. The fourth-order valence-corrected chi connectivity index (χ4v) is 15.8. The first-order chi connectivity index (χ1) is 51.2. The van der Waals surface area contributed by atoms with Crippen LogP contribution in [0.3, 0.4) is 0 Å². The van der Waals surface area contributed by atoms with Gasteiger partial charge in [0.05, 0.1) is 36.8 Å². The maximum Gasteiger partial charge on any atom is 1.00 e. The molecule has 12 rings (SSSR count). The zero-order chi connectivity index (χ0) is 79.6. The molecule has 18 nitrogen and oxygen atoms in total. The van der Waals surface area contributed by atoms with Crippen LogP contribution in [-0.4, -0.2) is 51.5 Å². The van der Waals surface area contributed by atoms with Gasteiger partial charge in [0.15, 0.2) is 0 Å². The smallest absolute Gasteiger partial charge is 0.744 e. The molecule has 8 aromatic carbocycles. The van der Waals surface area contributed by atoms with E-state index in [0.717, 1.165) is 39.6 Å². The van der Waals surface area contributed by atoms with Gasteiger partial charge >= 0.3 is 48.3 Å². The monoisotopic (exact) mass is 1560 g/mol. The molecule has 2 heterocycles. The van der Waals surface area contributed by atoms with Gasteiger partial charge in [-0.2, -0.15) is 18.2 Å². The van der Waals surface area contributed by atoms with Gasteiger partial charge in [0.25, 0.3) is 0 Å². The van der Waals surface area contributed by atoms with Crippen LogP contribution in [0.5, 0.6) is 0 Å². The molecule has 0 atom stereocenters. The second-order valence-electron chi connectivity index (χ2n) is 29.8. The van der Waals surface area contributed by atoms with Gasteiger partial charge in [0.2, 0.25) is 0 Å². The molecule has 24 heteroatoms. The summed E-state index contributed by atoms with van der Waals surface area (Å²) in [5.74, 6) is 2.21. The van der Waals surface area contributed by atoms with Crippen LogP contribution in [-0.2, 0) is 41.0 Å². The Bertz CT molecular complexity index is 5930. The summed E-state index contributed by atoms with van der Waals surface area (Å²) in [4.78, 5) is 9.30. The molecule has 0 fully saturated rings. The minimum absolute atomic E-state index is 0. The average Bonchev–Trinajstić information content (AvgIpc) is 0.746. The molecule has 2 aliphatic carbocycles. The Balaban J connectivity index is 0.000000262. The van der Waals surface area contributed by atoms with Crippen LogP contribution in [0, 0.1) is 13.0 Å². The van der Waals surface area contributed by atoms with Gasteiger partial charge in [0, 0.05) is 85.5 Å². The topological polar surface area (TPSA) is 298 Å². The SMILES string of the molecule is CC(C)c1cc(S(=O)(=O)[O-])cc(C(C)C)c1N=c1ccc2c(-c3ccccc3S(=O)(=O)[O-])c3ccc(Nc4c(C(C)C)cccc4C(C)C)cc3oc-2c1.Cc1cc(C(C)C)c(N=c2ccc3c(-c4ccccc4S(=O)(=O)[O-])c4ccc(Nc5c(C(C)C)c[c-]cc5C(C)C)cc4oc-3c2)c(C(C)C)c1.O=S(=O)=O.[Li+].[Li+]. The molecule has 0 radical (unpaired) electrons. The Hall–Kier alpha value is -8.72. The van der Waals surface area contributed by atoms with Crippen LogP contribution >= 0.6 is 0 Å². The summed E-state index contributed by atoms with van der Waals surface area (Å²) in [5, 5.41) is 9.82. The molecule has 0 saturated carbocycles. The number of para-hydroxylation sites is 1. The van der Waals surface area contributed by atoms with E-state index in [0.29, 0.717) is 88.8 Å². The van der Waals surface area contributed by atoms with Crippen LogP contribution in [0.25, 0.3) is 66.8 Å².